The zero-order valence-electron chi connectivity index (χ0n) is 15.9. The minimum absolute atomic E-state index is 0.215. The summed E-state index contributed by atoms with van der Waals surface area (Å²) in [5, 5.41) is 8.79. The molecule has 0 fully saturated rings. The van der Waals surface area contributed by atoms with Crippen LogP contribution in [0.5, 0.6) is 0 Å². The highest BCUT2D eigenvalue weighted by Gasteiger charge is 2.17. The normalized spacial score (nSPS) is 11.0. The first-order valence-electron chi connectivity index (χ1n) is 9.10. The van der Waals surface area contributed by atoms with Crippen LogP contribution in [0.15, 0.2) is 64.8 Å². The Morgan fingerprint density at radius 2 is 2.03 bits per heavy atom. The number of aromatic nitrogens is 4. The van der Waals surface area contributed by atoms with E-state index in [-0.39, 0.29) is 5.91 Å². The number of para-hydroxylation sites is 1. The molecule has 1 amide bonds. The van der Waals surface area contributed by atoms with Gasteiger partial charge in [0.15, 0.2) is 0 Å². The lowest BCUT2D eigenvalue weighted by Gasteiger charge is -2.14. The second-order valence-electron chi connectivity index (χ2n) is 6.37. The quantitative estimate of drug-likeness (QED) is 0.454. The summed E-state index contributed by atoms with van der Waals surface area (Å²) in [7, 11) is 0. The van der Waals surface area contributed by atoms with E-state index in [1.165, 1.54) is 18.1 Å². The van der Waals surface area contributed by atoms with Crippen LogP contribution in [0.4, 0.5) is 5.69 Å². The van der Waals surface area contributed by atoms with Crippen LogP contribution in [-0.4, -0.2) is 25.5 Å². The van der Waals surface area contributed by atoms with E-state index in [1.54, 1.807) is 28.8 Å². The van der Waals surface area contributed by atoms with Gasteiger partial charge in [0.25, 0.3) is 11.7 Å². The minimum Gasteiger partial charge on any atom is -0.321 e. The first-order valence-corrected chi connectivity index (χ1v) is 10.3. The van der Waals surface area contributed by atoms with E-state index < -0.39 is 0 Å². The maximum Gasteiger partial charge on any atom is 0.255 e. The molecule has 8 heteroatoms. The predicted octanol–water partition coefficient (Wildman–Crippen LogP) is 5.05. The number of nitrogens with one attached hydrogen (secondary N) is 1. The van der Waals surface area contributed by atoms with Crippen molar-refractivity contribution in [2.24, 2.45) is 0 Å². The number of aryl methyl sites for hydroxylation is 1. The molecule has 6 nitrogen and oxygen atoms in total. The van der Waals surface area contributed by atoms with Crippen molar-refractivity contribution in [3.05, 3.63) is 76.7 Å². The van der Waals surface area contributed by atoms with E-state index in [2.05, 4.69) is 27.3 Å². The fourth-order valence-electron chi connectivity index (χ4n) is 3.05. The maximum absolute atomic E-state index is 12.7. The van der Waals surface area contributed by atoms with Gasteiger partial charge in [-0.15, -0.1) is 0 Å². The molecular formula is C21H18ClN5OS. The van der Waals surface area contributed by atoms with Crippen LogP contribution in [0.2, 0.25) is 5.02 Å². The minimum atomic E-state index is -0.215. The Labute approximate surface area is 177 Å². The topological polar surface area (TPSA) is 72.2 Å². The van der Waals surface area contributed by atoms with Crippen LogP contribution >= 0.6 is 23.4 Å². The summed E-state index contributed by atoms with van der Waals surface area (Å²) < 4.78 is 1.74. The Morgan fingerprint density at radius 1 is 1.21 bits per heavy atom. The van der Waals surface area contributed by atoms with Gasteiger partial charge >= 0.3 is 0 Å². The number of hydrogen-bond acceptors (Lipinski definition) is 5. The second kappa shape index (κ2) is 8.23. The van der Waals surface area contributed by atoms with Gasteiger partial charge in [0.05, 0.1) is 5.69 Å². The number of amides is 1. The molecule has 0 atom stereocenters. The number of benzene rings is 2. The molecular weight excluding hydrogens is 406 g/mol. The summed E-state index contributed by atoms with van der Waals surface area (Å²) >= 11 is 7.55. The molecule has 0 bridgehead atoms. The largest absolute Gasteiger partial charge is 0.321 e. The third-order valence-corrected chi connectivity index (χ3v) is 5.89. The van der Waals surface area contributed by atoms with Crippen molar-refractivity contribution in [3.8, 4) is 0 Å². The number of nitrogens with zero attached hydrogens (tertiary/aromatic N) is 4. The summed E-state index contributed by atoms with van der Waals surface area (Å²) in [5.41, 5.74) is 3.25. The zero-order valence-corrected chi connectivity index (χ0v) is 17.5. The Kier molecular flexibility index (Phi) is 5.51. The van der Waals surface area contributed by atoms with Crippen molar-refractivity contribution in [3.63, 3.8) is 0 Å². The number of halogens is 1. The molecule has 4 rings (SSSR count). The van der Waals surface area contributed by atoms with Crippen LogP contribution in [0.1, 0.15) is 28.5 Å². The third kappa shape index (κ3) is 3.97. The van der Waals surface area contributed by atoms with Crippen LogP contribution < -0.4 is 5.32 Å². The molecule has 0 unspecified atom stereocenters. The first kappa shape index (κ1) is 19.4. The predicted molar refractivity (Wildman–Crippen MR) is 115 cm³/mol. The molecule has 29 heavy (non-hydrogen) atoms. The molecule has 2 heterocycles. The number of anilines is 1. The van der Waals surface area contributed by atoms with Crippen molar-refractivity contribution in [2.45, 2.75) is 30.2 Å². The SMILES string of the molecule is CCc1c(C)nc2ncnn2c1Sc1ccccc1NC(=O)c1cccc(Cl)c1. The molecule has 2 aromatic carbocycles. The summed E-state index contributed by atoms with van der Waals surface area (Å²) in [6.45, 7) is 4.06. The summed E-state index contributed by atoms with van der Waals surface area (Å²) in [5.74, 6) is 0.343. The molecule has 0 aliphatic heterocycles. The van der Waals surface area contributed by atoms with Crippen molar-refractivity contribution in [2.75, 3.05) is 5.32 Å². The van der Waals surface area contributed by atoms with E-state index >= 15 is 0 Å². The van der Waals surface area contributed by atoms with Crippen LogP contribution in [0.25, 0.3) is 5.78 Å². The number of carbonyl (C=O) groups is 1. The lowest BCUT2D eigenvalue weighted by Crippen LogP contribution is -2.12. The lowest BCUT2D eigenvalue weighted by molar-refractivity contribution is 0.102. The summed E-state index contributed by atoms with van der Waals surface area (Å²) in [6.07, 6.45) is 2.31. The highest BCUT2D eigenvalue weighted by atomic mass is 35.5. The molecule has 146 valence electrons. The van der Waals surface area contributed by atoms with Crippen molar-refractivity contribution in [1.82, 2.24) is 19.6 Å². The second-order valence-corrected chi connectivity index (χ2v) is 7.84. The van der Waals surface area contributed by atoms with Gasteiger partial charge in [-0.05, 0) is 43.7 Å². The molecule has 0 saturated carbocycles. The zero-order chi connectivity index (χ0) is 20.4. The fourth-order valence-corrected chi connectivity index (χ4v) is 4.46. The summed E-state index contributed by atoms with van der Waals surface area (Å²) in [4.78, 5) is 22.3. The van der Waals surface area contributed by atoms with Gasteiger partial charge in [-0.3, -0.25) is 4.79 Å². The van der Waals surface area contributed by atoms with Crippen molar-refractivity contribution in [1.29, 1.82) is 0 Å². The molecule has 0 aliphatic carbocycles. The Hall–Kier alpha value is -2.90. The highest BCUT2D eigenvalue weighted by Crippen LogP contribution is 2.36. The van der Waals surface area contributed by atoms with Gasteiger partial charge in [-0.2, -0.15) is 14.6 Å². The molecule has 0 radical (unpaired) electrons. The summed E-state index contributed by atoms with van der Waals surface area (Å²) in [6, 6.07) is 14.6. The van der Waals surface area contributed by atoms with Crippen molar-refractivity contribution >= 4 is 40.7 Å². The average molecular weight is 424 g/mol. The lowest BCUT2D eigenvalue weighted by atomic mass is 10.2. The fraction of sp³-hybridized carbons (Fsp3) is 0.143. The van der Waals surface area contributed by atoms with Crippen LogP contribution in [0.3, 0.4) is 0 Å². The number of hydrogen-bond donors (Lipinski definition) is 1. The Balaban J connectivity index is 1.71. The standard InChI is InChI=1S/C21H18ClN5OS/c1-3-16-13(2)25-21-23-12-24-27(21)20(16)29-18-10-5-4-9-17(18)26-19(28)14-7-6-8-15(22)11-14/h4-12H,3H2,1-2H3,(H,26,28). The molecule has 0 aliphatic rings. The van der Waals surface area contributed by atoms with Gasteiger partial charge < -0.3 is 5.32 Å². The van der Waals surface area contributed by atoms with E-state index in [0.717, 1.165) is 27.6 Å². The maximum atomic E-state index is 12.7. The monoisotopic (exact) mass is 423 g/mol. The van der Waals surface area contributed by atoms with Crippen LogP contribution in [0, 0.1) is 6.92 Å². The van der Waals surface area contributed by atoms with E-state index in [0.29, 0.717) is 22.1 Å². The number of carbonyl (C=O) groups excluding carboxylic acids is 1. The van der Waals surface area contributed by atoms with Crippen LogP contribution in [-0.2, 0) is 6.42 Å². The van der Waals surface area contributed by atoms with Gasteiger partial charge in [0.2, 0.25) is 0 Å². The van der Waals surface area contributed by atoms with Gasteiger partial charge in [-0.1, -0.05) is 48.5 Å². The average Bonchev–Trinajstić information content (AvgIpc) is 3.17. The van der Waals surface area contributed by atoms with E-state index in [4.69, 9.17) is 11.6 Å². The molecule has 1 N–H and O–H groups in total. The highest BCUT2D eigenvalue weighted by molar-refractivity contribution is 7.99. The van der Waals surface area contributed by atoms with E-state index in [9.17, 15) is 4.79 Å². The Bertz CT molecular complexity index is 1210. The van der Waals surface area contributed by atoms with Gasteiger partial charge in [0.1, 0.15) is 11.4 Å². The Morgan fingerprint density at radius 3 is 2.83 bits per heavy atom. The van der Waals surface area contributed by atoms with E-state index in [1.807, 2.05) is 31.2 Å². The number of fused-ring (bicyclic) bond motifs is 1. The van der Waals surface area contributed by atoms with Gasteiger partial charge in [0, 0.05) is 26.7 Å². The molecule has 4 aromatic rings. The third-order valence-electron chi connectivity index (χ3n) is 4.47. The first-order chi connectivity index (χ1) is 14.1. The molecule has 0 saturated heterocycles. The smallest absolute Gasteiger partial charge is 0.255 e. The van der Waals surface area contributed by atoms with Crippen molar-refractivity contribution < 1.29 is 4.79 Å². The number of rotatable bonds is 5. The van der Waals surface area contributed by atoms with Gasteiger partial charge in [-0.25, -0.2) is 4.98 Å². The molecule has 0 spiro atoms. The molecule has 2 aromatic heterocycles.